The van der Waals surface area contributed by atoms with Gasteiger partial charge >= 0.3 is 0 Å². The second kappa shape index (κ2) is 5.19. The Morgan fingerprint density at radius 3 is 2.77 bits per heavy atom. The van der Waals surface area contributed by atoms with Crippen LogP contribution in [-0.2, 0) is 26.6 Å². The van der Waals surface area contributed by atoms with Crippen molar-refractivity contribution in [1.29, 1.82) is 0 Å². The van der Waals surface area contributed by atoms with Crippen LogP contribution >= 0.6 is 0 Å². The lowest BCUT2D eigenvalue weighted by molar-refractivity contribution is 0.214. The van der Waals surface area contributed by atoms with Gasteiger partial charge in [0, 0.05) is 44.1 Å². The van der Waals surface area contributed by atoms with Crippen molar-refractivity contribution in [3.05, 3.63) is 29.0 Å². The highest BCUT2D eigenvalue weighted by Gasteiger charge is 2.32. The van der Waals surface area contributed by atoms with Gasteiger partial charge in [-0.3, -0.25) is 4.90 Å². The molecule has 2 aliphatic rings. The summed E-state index contributed by atoms with van der Waals surface area (Å²) < 4.78 is 8.05. The Bertz CT molecular complexity index is 683. The molecule has 0 N–H and O–H groups in total. The quantitative estimate of drug-likeness (QED) is 0.867. The van der Waals surface area contributed by atoms with E-state index in [1.165, 1.54) is 30.1 Å². The molecule has 0 amide bonds. The normalized spacial score (nSPS) is 18.9. The lowest BCUT2D eigenvalue weighted by atomic mass is 10.1. The van der Waals surface area contributed by atoms with Gasteiger partial charge in [-0.05, 0) is 12.8 Å². The molecule has 0 saturated heterocycles. The molecule has 0 atom stereocenters. The first-order valence-corrected chi connectivity index (χ1v) is 8.20. The third-order valence-electron chi connectivity index (χ3n) is 4.65. The van der Waals surface area contributed by atoms with Crippen molar-refractivity contribution in [2.24, 2.45) is 7.05 Å². The third kappa shape index (κ3) is 2.45. The Balaban J connectivity index is 1.48. The molecule has 0 spiro atoms. The molecule has 1 fully saturated rings. The SMILES string of the molecule is CC(C)c1nnc(CN2CCc3c(nc(C4CC4)n3C)C2)o1. The van der Waals surface area contributed by atoms with Crippen molar-refractivity contribution in [3.8, 4) is 0 Å². The summed E-state index contributed by atoms with van der Waals surface area (Å²) >= 11 is 0. The lowest BCUT2D eigenvalue weighted by Gasteiger charge is -2.25. The van der Waals surface area contributed by atoms with E-state index in [-0.39, 0.29) is 5.92 Å². The van der Waals surface area contributed by atoms with Crippen molar-refractivity contribution in [1.82, 2.24) is 24.6 Å². The van der Waals surface area contributed by atoms with Gasteiger partial charge in [0.2, 0.25) is 11.8 Å². The summed E-state index contributed by atoms with van der Waals surface area (Å²) in [6.07, 6.45) is 3.65. The molecule has 0 bridgehead atoms. The summed E-state index contributed by atoms with van der Waals surface area (Å²) in [7, 11) is 2.17. The number of imidazole rings is 1. The van der Waals surface area contributed by atoms with Crippen LogP contribution in [0.3, 0.4) is 0 Å². The van der Waals surface area contributed by atoms with E-state index in [4.69, 9.17) is 9.40 Å². The first kappa shape index (κ1) is 13.9. The van der Waals surface area contributed by atoms with Gasteiger partial charge < -0.3 is 8.98 Å². The zero-order valence-electron chi connectivity index (χ0n) is 13.5. The monoisotopic (exact) mass is 301 g/mol. The van der Waals surface area contributed by atoms with Gasteiger partial charge in [0.1, 0.15) is 5.82 Å². The minimum atomic E-state index is 0.283. The summed E-state index contributed by atoms with van der Waals surface area (Å²) in [5, 5.41) is 8.28. The van der Waals surface area contributed by atoms with Crippen LogP contribution in [0, 0.1) is 0 Å². The van der Waals surface area contributed by atoms with Gasteiger partial charge in [0.05, 0.1) is 12.2 Å². The predicted molar refractivity (Wildman–Crippen MR) is 81.4 cm³/mol. The van der Waals surface area contributed by atoms with Gasteiger partial charge in [-0.1, -0.05) is 13.8 Å². The van der Waals surface area contributed by atoms with Crippen LogP contribution in [-0.4, -0.2) is 31.2 Å². The van der Waals surface area contributed by atoms with E-state index in [0.717, 1.165) is 25.4 Å². The molecule has 1 aliphatic carbocycles. The minimum Gasteiger partial charge on any atom is -0.424 e. The molecule has 3 heterocycles. The highest BCUT2D eigenvalue weighted by atomic mass is 16.4. The maximum Gasteiger partial charge on any atom is 0.230 e. The number of fused-ring (bicyclic) bond motifs is 1. The maximum absolute atomic E-state index is 5.72. The molecule has 4 rings (SSSR count). The summed E-state index contributed by atoms with van der Waals surface area (Å²) in [6, 6.07) is 0. The fourth-order valence-electron chi connectivity index (χ4n) is 3.20. The maximum atomic E-state index is 5.72. The molecular weight excluding hydrogens is 278 g/mol. The second-order valence-corrected chi connectivity index (χ2v) is 6.85. The minimum absolute atomic E-state index is 0.283. The molecule has 2 aromatic rings. The third-order valence-corrected chi connectivity index (χ3v) is 4.65. The summed E-state index contributed by atoms with van der Waals surface area (Å²) in [5.74, 6) is 3.71. The van der Waals surface area contributed by atoms with Crippen molar-refractivity contribution < 1.29 is 4.42 Å². The first-order valence-electron chi connectivity index (χ1n) is 8.20. The molecule has 0 radical (unpaired) electrons. The van der Waals surface area contributed by atoms with Crippen molar-refractivity contribution in [3.63, 3.8) is 0 Å². The highest BCUT2D eigenvalue weighted by molar-refractivity contribution is 5.23. The van der Waals surface area contributed by atoms with E-state index in [0.29, 0.717) is 18.4 Å². The molecule has 6 heteroatoms. The summed E-state index contributed by atoms with van der Waals surface area (Å²) in [6.45, 7) is 6.76. The average Bonchev–Trinajstić information content (AvgIpc) is 3.14. The zero-order chi connectivity index (χ0) is 15.3. The van der Waals surface area contributed by atoms with Crippen LogP contribution in [0.5, 0.6) is 0 Å². The fourth-order valence-corrected chi connectivity index (χ4v) is 3.20. The fraction of sp³-hybridized carbons (Fsp3) is 0.688. The Labute approximate surface area is 130 Å². The molecule has 6 nitrogen and oxygen atoms in total. The van der Waals surface area contributed by atoms with Crippen LogP contribution in [0.2, 0.25) is 0 Å². The number of hydrogen-bond acceptors (Lipinski definition) is 5. The Hall–Kier alpha value is -1.69. The van der Waals surface area contributed by atoms with Gasteiger partial charge in [-0.2, -0.15) is 0 Å². The smallest absolute Gasteiger partial charge is 0.230 e. The van der Waals surface area contributed by atoms with E-state index in [9.17, 15) is 0 Å². The van der Waals surface area contributed by atoms with E-state index in [2.05, 4.69) is 40.6 Å². The molecule has 22 heavy (non-hydrogen) atoms. The number of aromatic nitrogens is 4. The highest BCUT2D eigenvalue weighted by Crippen LogP contribution is 2.40. The second-order valence-electron chi connectivity index (χ2n) is 6.85. The number of nitrogens with zero attached hydrogens (tertiary/aromatic N) is 5. The van der Waals surface area contributed by atoms with Crippen molar-refractivity contribution in [2.75, 3.05) is 6.54 Å². The average molecular weight is 301 g/mol. The van der Waals surface area contributed by atoms with E-state index >= 15 is 0 Å². The topological polar surface area (TPSA) is 60.0 Å². The Kier molecular flexibility index (Phi) is 3.29. The molecule has 118 valence electrons. The number of rotatable bonds is 4. The van der Waals surface area contributed by atoms with Gasteiger partial charge in [-0.25, -0.2) is 4.98 Å². The van der Waals surface area contributed by atoms with Crippen LogP contribution in [0.4, 0.5) is 0 Å². The molecule has 1 saturated carbocycles. The summed E-state index contributed by atoms with van der Waals surface area (Å²) in [4.78, 5) is 7.24. The lowest BCUT2D eigenvalue weighted by Crippen LogP contribution is -2.30. The largest absolute Gasteiger partial charge is 0.424 e. The molecule has 2 aromatic heterocycles. The van der Waals surface area contributed by atoms with E-state index in [1.54, 1.807) is 0 Å². The molecule has 0 unspecified atom stereocenters. The van der Waals surface area contributed by atoms with Crippen molar-refractivity contribution in [2.45, 2.75) is 58.0 Å². The van der Waals surface area contributed by atoms with Crippen molar-refractivity contribution >= 4 is 0 Å². The van der Waals surface area contributed by atoms with Crippen LogP contribution in [0.25, 0.3) is 0 Å². The van der Waals surface area contributed by atoms with Crippen LogP contribution in [0.1, 0.15) is 67.5 Å². The van der Waals surface area contributed by atoms with E-state index in [1.807, 2.05) is 0 Å². The van der Waals surface area contributed by atoms with Gasteiger partial charge in [-0.15, -0.1) is 10.2 Å². The zero-order valence-corrected chi connectivity index (χ0v) is 13.5. The molecule has 0 aromatic carbocycles. The van der Waals surface area contributed by atoms with Gasteiger partial charge in [0.15, 0.2) is 0 Å². The Morgan fingerprint density at radius 2 is 2.09 bits per heavy atom. The van der Waals surface area contributed by atoms with Gasteiger partial charge in [0.25, 0.3) is 0 Å². The Morgan fingerprint density at radius 1 is 1.27 bits per heavy atom. The molecular formula is C16H23N5O. The summed E-state index contributed by atoms with van der Waals surface area (Å²) in [5.41, 5.74) is 2.64. The number of hydrogen-bond donors (Lipinski definition) is 0. The van der Waals surface area contributed by atoms with Crippen LogP contribution in [0.15, 0.2) is 4.42 Å². The van der Waals surface area contributed by atoms with Crippen LogP contribution < -0.4 is 0 Å². The molecule has 1 aliphatic heterocycles. The standard InChI is InChI=1S/C16H23N5O/c1-10(2)16-19-18-14(22-16)9-21-7-6-13-12(8-21)17-15(20(13)3)11-4-5-11/h10-11H,4-9H2,1-3H3. The predicted octanol–water partition coefficient (Wildman–Crippen LogP) is 2.36. The van der Waals surface area contributed by atoms with E-state index < -0.39 is 0 Å². The first-order chi connectivity index (χ1) is 10.6.